The quantitative estimate of drug-likeness (QED) is 0.871. The van der Waals surface area contributed by atoms with Gasteiger partial charge in [0, 0.05) is 24.7 Å². The zero-order valence-electron chi connectivity index (χ0n) is 11.6. The third kappa shape index (κ3) is 4.31. The lowest BCUT2D eigenvalue weighted by Gasteiger charge is -2.20. The maximum absolute atomic E-state index is 11.6. The molecule has 0 unspecified atom stereocenters. The summed E-state index contributed by atoms with van der Waals surface area (Å²) in [6, 6.07) is 0. The molecule has 1 heterocycles. The van der Waals surface area contributed by atoms with Crippen LogP contribution >= 0.6 is 11.6 Å². The molecule has 0 aliphatic carbocycles. The molecule has 1 amide bonds. The van der Waals surface area contributed by atoms with Gasteiger partial charge in [0.05, 0.1) is 12.2 Å². The molecule has 0 spiro atoms. The molecule has 1 rings (SSSR count). The van der Waals surface area contributed by atoms with E-state index >= 15 is 0 Å². The Bertz CT molecular complexity index is 434. The summed E-state index contributed by atoms with van der Waals surface area (Å²) in [7, 11) is 1.80. The number of nitrogens with zero attached hydrogens (tertiary/aromatic N) is 2. The standard InChI is InChI=1S/C12H21ClN4O/c1-8-9(11(13)17(5)16-8)6-14-7-10(18)15-12(2,3)4/h14H,6-7H2,1-5H3,(H,15,18). The highest BCUT2D eigenvalue weighted by Gasteiger charge is 2.14. The summed E-state index contributed by atoms with van der Waals surface area (Å²) in [4.78, 5) is 11.6. The van der Waals surface area contributed by atoms with Gasteiger partial charge in [-0.05, 0) is 27.7 Å². The Balaban J connectivity index is 2.45. The molecule has 0 aromatic carbocycles. The van der Waals surface area contributed by atoms with E-state index in [-0.39, 0.29) is 18.0 Å². The van der Waals surface area contributed by atoms with E-state index in [0.717, 1.165) is 11.3 Å². The van der Waals surface area contributed by atoms with E-state index in [0.29, 0.717) is 11.7 Å². The summed E-state index contributed by atoms with van der Waals surface area (Å²) in [5.74, 6) is -0.0276. The molecular formula is C12H21ClN4O. The molecule has 2 N–H and O–H groups in total. The first-order chi connectivity index (χ1) is 8.20. The SMILES string of the molecule is Cc1nn(C)c(Cl)c1CNCC(=O)NC(C)(C)C. The van der Waals surface area contributed by atoms with Crippen molar-refractivity contribution >= 4 is 17.5 Å². The average Bonchev–Trinajstić information content (AvgIpc) is 2.41. The van der Waals surface area contributed by atoms with Crippen LogP contribution in [0.25, 0.3) is 0 Å². The molecule has 1 aromatic heterocycles. The highest BCUT2D eigenvalue weighted by Crippen LogP contribution is 2.17. The number of halogens is 1. The summed E-state index contributed by atoms with van der Waals surface area (Å²) in [5.41, 5.74) is 1.61. The highest BCUT2D eigenvalue weighted by molar-refractivity contribution is 6.30. The van der Waals surface area contributed by atoms with E-state index in [9.17, 15) is 4.79 Å². The van der Waals surface area contributed by atoms with E-state index in [2.05, 4.69) is 15.7 Å². The van der Waals surface area contributed by atoms with Crippen LogP contribution in [0, 0.1) is 6.92 Å². The minimum absolute atomic E-state index is 0.0276. The van der Waals surface area contributed by atoms with E-state index in [4.69, 9.17) is 11.6 Å². The van der Waals surface area contributed by atoms with Crippen LogP contribution in [-0.2, 0) is 18.4 Å². The fraction of sp³-hybridized carbons (Fsp3) is 0.667. The van der Waals surface area contributed by atoms with Gasteiger partial charge in [-0.25, -0.2) is 0 Å². The fourth-order valence-electron chi connectivity index (χ4n) is 1.64. The van der Waals surface area contributed by atoms with Crippen molar-refractivity contribution in [3.05, 3.63) is 16.4 Å². The number of aromatic nitrogens is 2. The van der Waals surface area contributed by atoms with Gasteiger partial charge >= 0.3 is 0 Å². The van der Waals surface area contributed by atoms with Crippen molar-refractivity contribution in [2.45, 2.75) is 39.8 Å². The van der Waals surface area contributed by atoms with E-state index < -0.39 is 0 Å². The number of carbonyl (C=O) groups excluding carboxylic acids is 1. The first-order valence-electron chi connectivity index (χ1n) is 5.90. The molecule has 102 valence electrons. The topological polar surface area (TPSA) is 59.0 Å². The monoisotopic (exact) mass is 272 g/mol. The van der Waals surface area contributed by atoms with Crippen molar-refractivity contribution in [3.8, 4) is 0 Å². The molecule has 0 radical (unpaired) electrons. The molecule has 5 nitrogen and oxygen atoms in total. The van der Waals surface area contributed by atoms with Gasteiger partial charge in [0.25, 0.3) is 0 Å². The van der Waals surface area contributed by atoms with Gasteiger partial charge in [-0.2, -0.15) is 5.10 Å². The second-order valence-corrected chi connectivity index (χ2v) is 5.74. The van der Waals surface area contributed by atoms with Crippen LogP contribution in [-0.4, -0.2) is 27.8 Å². The molecule has 0 aliphatic rings. The molecule has 0 fully saturated rings. The largest absolute Gasteiger partial charge is 0.350 e. The predicted molar refractivity (Wildman–Crippen MR) is 72.6 cm³/mol. The van der Waals surface area contributed by atoms with Gasteiger partial charge in [-0.1, -0.05) is 11.6 Å². The lowest BCUT2D eigenvalue weighted by atomic mass is 10.1. The Morgan fingerprint density at radius 2 is 2.06 bits per heavy atom. The van der Waals surface area contributed by atoms with Gasteiger partial charge in [0.1, 0.15) is 5.15 Å². The third-order valence-corrected chi connectivity index (χ3v) is 2.84. The van der Waals surface area contributed by atoms with Crippen molar-refractivity contribution in [1.29, 1.82) is 0 Å². The average molecular weight is 273 g/mol. The number of amides is 1. The number of aryl methyl sites for hydroxylation is 2. The lowest BCUT2D eigenvalue weighted by molar-refractivity contribution is -0.121. The Hall–Kier alpha value is -1.07. The van der Waals surface area contributed by atoms with Crippen LogP contribution in [0.1, 0.15) is 32.0 Å². The molecule has 0 saturated carbocycles. The third-order valence-electron chi connectivity index (χ3n) is 2.37. The molecular weight excluding hydrogens is 252 g/mol. The van der Waals surface area contributed by atoms with Gasteiger partial charge in [0.2, 0.25) is 5.91 Å². The minimum Gasteiger partial charge on any atom is -0.350 e. The number of carbonyl (C=O) groups is 1. The maximum Gasteiger partial charge on any atom is 0.234 e. The van der Waals surface area contributed by atoms with Crippen molar-refractivity contribution in [2.75, 3.05) is 6.54 Å². The Morgan fingerprint density at radius 1 is 1.44 bits per heavy atom. The Labute approximate surface area is 113 Å². The summed E-state index contributed by atoms with van der Waals surface area (Å²) < 4.78 is 1.63. The lowest BCUT2D eigenvalue weighted by Crippen LogP contribution is -2.44. The molecule has 0 bridgehead atoms. The first-order valence-corrected chi connectivity index (χ1v) is 6.28. The summed E-state index contributed by atoms with van der Waals surface area (Å²) in [6.45, 7) is 8.56. The van der Waals surface area contributed by atoms with Crippen LogP contribution < -0.4 is 10.6 Å². The zero-order valence-corrected chi connectivity index (χ0v) is 12.4. The molecule has 1 aromatic rings. The van der Waals surface area contributed by atoms with Crippen molar-refractivity contribution in [2.24, 2.45) is 7.05 Å². The summed E-state index contributed by atoms with van der Waals surface area (Å²) in [6.07, 6.45) is 0. The summed E-state index contributed by atoms with van der Waals surface area (Å²) in [5, 5.41) is 10.8. The van der Waals surface area contributed by atoms with Crippen LogP contribution in [0.5, 0.6) is 0 Å². The zero-order chi connectivity index (χ0) is 13.9. The van der Waals surface area contributed by atoms with Gasteiger partial charge in [0.15, 0.2) is 0 Å². The van der Waals surface area contributed by atoms with E-state index in [1.54, 1.807) is 11.7 Å². The van der Waals surface area contributed by atoms with Gasteiger partial charge < -0.3 is 10.6 Å². The second kappa shape index (κ2) is 5.71. The van der Waals surface area contributed by atoms with Crippen LogP contribution in [0.15, 0.2) is 0 Å². The molecule has 0 saturated heterocycles. The van der Waals surface area contributed by atoms with Gasteiger partial charge in [-0.15, -0.1) is 0 Å². The maximum atomic E-state index is 11.6. The van der Waals surface area contributed by atoms with Crippen molar-refractivity contribution < 1.29 is 4.79 Å². The summed E-state index contributed by atoms with van der Waals surface area (Å²) >= 11 is 6.10. The molecule has 18 heavy (non-hydrogen) atoms. The minimum atomic E-state index is -0.208. The number of nitrogens with one attached hydrogen (secondary N) is 2. The Morgan fingerprint density at radius 3 is 2.50 bits per heavy atom. The Kier molecular flexibility index (Phi) is 4.76. The van der Waals surface area contributed by atoms with E-state index in [1.807, 2.05) is 27.7 Å². The highest BCUT2D eigenvalue weighted by atomic mass is 35.5. The van der Waals surface area contributed by atoms with Crippen LogP contribution in [0.3, 0.4) is 0 Å². The molecule has 6 heteroatoms. The van der Waals surface area contributed by atoms with Gasteiger partial charge in [-0.3, -0.25) is 9.48 Å². The normalized spacial score (nSPS) is 11.7. The number of hydrogen-bond donors (Lipinski definition) is 2. The first kappa shape index (κ1) is 15.0. The molecule has 0 aliphatic heterocycles. The second-order valence-electron chi connectivity index (χ2n) is 5.38. The van der Waals surface area contributed by atoms with E-state index in [1.165, 1.54) is 0 Å². The van der Waals surface area contributed by atoms with Crippen molar-refractivity contribution in [3.63, 3.8) is 0 Å². The predicted octanol–water partition coefficient (Wildman–Crippen LogP) is 1.39. The number of hydrogen-bond acceptors (Lipinski definition) is 3. The van der Waals surface area contributed by atoms with Crippen LogP contribution in [0.2, 0.25) is 5.15 Å². The van der Waals surface area contributed by atoms with Crippen LogP contribution in [0.4, 0.5) is 0 Å². The fourth-order valence-corrected chi connectivity index (χ4v) is 1.88. The van der Waals surface area contributed by atoms with Crippen molar-refractivity contribution in [1.82, 2.24) is 20.4 Å². The number of rotatable bonds is 4. The smallest absolute Gasteiger partial charge is 0.234 e. The molecule has 0 atom stereocenters.